The number of fused-ring (bicyclic) bond motifs is 1. The SMILES string of the molecule is CC(C)(C)O.O=C(O)Cc1c(C(F)F)cc2ccccc2c1-c1ccc2c3c(ccnc13)CCO2. The normalized spacial score (nSPS) is 12.9. The minimum absolute atomic E-state index is 0.121. The summed E-state index contributed by atoms with van der Waals surface area (Å²) in [6, 6.07) is 14.1. The van der Waals surface area contributed by atoms with Gasteiger partial charge in [-0.25, -0.2) is 8.78 Å². The standard InChI is InChI=1S/C24H17F2NO3.C4H10O/c25-24(26)18-11-14-3-1-2-4-15(14)22(17(18)12-20(28)29)16-5-6-19-21-13(8-10-30-19)7-9-27-23(16)21;1-4(2,3)5/h1-7,9,11,24H,8,10,12H2,(H,28,29);5H,1-3H3. The predicted octanol–water partition coefficient (Wildman–Crippen LogP) is 6.33. The zero-order valence-corrected chi connectivity index (χ0v) is 19.8. The highest BCUT2D eigenvalue weighted by Gasteiger charge is 2.25. The molecule has 0 spiro atoms. The molecule has 182 valence electrons. The van der Waals surface area contributed by atoms with Crippen LogP contribution in [0.15, 0.2) is 54.7 Å². The summed E-state index contributed by atoms with van der Waals surface area (Å²) in [5.41, 5.74) is 2.20. The molecule has 0 aliphatic carbocycles. The summed E-state index contributed by atoms with van der Waals surface area (Å²) in [6.45, 7) is 5.80. The zero-order valence-electron chi connectivity index (χ0n) is 19.8. The molecule has 3 aromatic carbocycles. The summed E-state index contributed by atoms with van der Waals surface area (Å²) in [6.07, 6.45) is -0.861. The van der Waals surface area contributed by atoms with E-state index in [1.165, 1.54) is 6.07 Å². The van der Waals surface area contributed by atoms with Crippen LogP contribution >= 0.6 is 0 Å². The van der Waals surface area contributed by atoms with Crippen LogP contribution in [0.1, 0.15) is 43.9 Å². The lowest BCUT2D eigenvalue weighted by molar-refractivity contribution is -0.136. The molecule has 0 fully saturated rings. The van der Waals surface area contributed by atoms with Gasteiger partial charge in [-0.1, -0.05) is 24.3 Å². The number of aliphatic hydroxyl groups is 1. The molecule has 4 aromatic rings. The van der Waals surface area contributed by atoms with E-state index >= 15 is 0 Å². The first-order chi connectivity index (χ1) is 16.5. The highest BCUT2D eigenvalue weighted by Crippen LogP contribution is 2.43. The Morgan fingerprint density at radius 3 is 2.54 bits per heavy atom. The van der Waals surface area contributed by atoms with Gasteiger partial charge in [0.2, 0.25) is 0 Å². The molecule has 0 radical (unpaired) electrons. The molecule has 5 rings (SSSR count). The van der Waals surface area contributed by atoms with E-state index in [0.717, 1.165) is 22.8 Å². The number of carboxylic acid groups (broad SMARTS) is 1. The Morgan fingerprint density at radius 2 is 1.86 bits per heavy atom. The summed E-state index contributed by atoms with van der Waals surface area (Å²) >= 11 is 0. The van der Waals surface area contributed by atoms with Crippen molar-refractivity contribution in [2.75, 3.05) is 6.61 Å². The topological polar surface area (TPSA) is 79.7 Å². The fourth-order valence-electron chi connectivity index (χ4n) is 4.36. The van der Waals surface area contributed by atoms with Gasteiger partial charge < -0.3 is 14.9 Å². The molecule has 1 aliphatic heterocycles. The van der Waals surface area contributed by atoms with Crippen LogP contribution < -0.4 is 4.74 Å². The van der Waals surface area contributed by atoms with Gasteiger partial charge in [-0.3, -0.25) is 9.78 Å². The molecule has 5 nitrogen and oxygen atoms in total. The largest absolute Gasteiger partial charge is 0.493 e. The van der Waals surface area contributed by atoms with E-state index in [2.05, 4.69) is 4.98 Å². The number of ether oxygens (including phenoxy) is 1. The van der Waals surface area contributed by atoms with Gasteiger partial charge in [0.1, 0.15) is 5.75 Å². The van der Waals surface area contributed by atoms with Gasteiger partial charge in [-0.15, -0.1) is 0 Å². The highest BCUT2D eigenvalue weighted by atomic mass is 19.3. The third kappa shape index (κ3) is 5.25. The van der Waals surface area contributed by atoms with E-state index in [1.807, 2.05) is 24.3 Å². The third-order valence-electron chi connectivity index (χ3n) is 5.59. The van der Waals surface area contributed by atoms with E-state index in [9.17, 15) is 18.7 Å². The second kappa shape index (κ2) is 9.58. The van der Waals surface area contributed by atoms with Crippen molar-refractivity contribution in [2.24, 2.45) is 0 Å². The molecule has 1 aliphatic rings. The molecule has 0 unspecified atom stereocenters. The first-order valence-electron chi connectivity index (χ1n) is 11.3. The number of hydrogen-bond donors (Lipinski definition) is 2. The van der Waals surface area contributed by atoms with Gasteiger partial charge in [0.15, 0.2) is 0 Å². The van der Waals surface area contributed by atoms with Gasteiger partial charge >= 0.3 is 5.97 Å². The lowest BCUT2D eigenvalue weighted by Crippen LogP contribution is -2.10. The lowest BCUT2D eigenvalue weighted by atomic mass is 9.86. The average molecular weight is 480 g/mol. The molecule has 0 saturated heterocycles. The van der Waals surface area contributed by atoms with Crippen LogP contribution in [0.4, 0.5) is 8.78 Å². The number of aliphatic carboxylic acids is 1. The third-order valence-corrected chi connectivity index (χ3v) is 5.59. The molecule has 2 heterocycles. The van der Waals surface area contributed by atoms with Crippen LogP contribution in [0.25, 0.3) is 32.8 Å². The minimum atomic E-state index is -2.79. The maximum absolute atomic E-state index is 14.0. The summed E-state index contributed by atoms with van der Waals surface area (Å²) in [7, 11) is 0. The van der Waals surface area contributed by atoms with E-state index in [-0.39, 0.29) is 11.1 Å². The van der Waals surface area contributed by atoms with Crippen LogP contribution in [-0.2, 0) is 17.6 Å². The van der Waals surface area contributed by atoms with Crippen molar-refractivity contribution in [2.45, 2.75) is 45.6 Å². The Kier molecular flexibility index (Phi) is 6.72. The Hall–Kier alpha value is -3.58. The van der Waals surface area contributed by atoms with Gasteiger partial charge in [0.05, 0.1) is 24.1 Å². The van der Waals surface area contributed by atoms with Gasteiger partial charge in [0.25, 0.3) is 6.43 Å². The predicted molar refractivity (Wildman–Crippen MR) is 132 cm³/mol. The Bertz CT molecular complexity index is 1390. The zero-order chi connectivity index (χ0) is 25.3. The van der Waals surface area contributed by atoms with Gasteiger partial charge in [-0.05, 0) is 72.5 Å². The molecule has 1 aromatic heterocycles. The van der Waals surface area contributed by atoms with E-state index in [1.54, 1.807) is 45.2 Å². The Balaban J connectivity index is 0.000000527. The number of pyridine rings is 1. The summed E-state index contributed by atoms with van der Waals surface area (Å²) in [4.78, 5) is 16.2. The first-order valence-corrected chi connectivity index (χ1v) is 11.3. The minimum Gasteiger partial charge on any atom is -0.493 e. The number of aromatic nitrogens is 1. The summed E-state index contributed by atoms with van der Waals surface area (Å²) in [5.74, 6) is -0.454. The molecule has 0 saturated carbocycles. The average Bonchev–Trinajstić information content (AvgIpc) is 2.78. The molecule has 7 heteroatoms. The molecule has 0 bridgehead atoms. The van der Waals surface area contributed by atoms with Crippen molar-refractivity contribution in [3.8, 4) is 16.9 Å². The van der Waals surface area contributed by atoms with Crippen LogP contribution in [0.2, 0.25) is 0 Å². The molecular formula is C28H27F2NO4. The van der Waals surface area contributed by atoms with Gasteiger partial charge in [0, 0.05) is 29.1 Å². The molecule has 0 amide bonds. The van der Waals surface area contributed by atoms with Crippen molar-refractivity contribution < 1.29 is 28.5 Å². The smallest absolute Gasteiger partial charge is 0.307 e. The second-order valence-electron chi connectivity index (χ2n) is 9.49. The van der Waals surface area contributed by atoms with Crippen molar-refractivity contribution in [3.63, 3.8) is 0 Å². The maximum atomic E-state index is 14.0. The van der Waals surface area contributed by atoms with Crippen LogP contribution in [0.5, 0.6) is 5.75 Å². The van der Waals surface area contributed by atoms with Crippen molar-refractivity contribution in [3.05, 3.63) is 71.4 Å². The number of nitrogens with zero attached hydrogens (tertiary/aromatic N) is 1. The number of carbonyl (C=O) groups is 1. The maximum Gasteiger partial charge on any atom is 0.307 e. The molecule has 2 N–H and O–H groups in total. The van der Waals surface area contributed by atoms with Crippen LogP contribution in [-0.4, -0.2) is 33.4 Å². The fraction of sp³-hybridized carbons (Fsp3) is 0.286. The number of carboxylic acids is 1. The lowest BCUT2D eigenvalue weighted by Gasteiger charge is -2.22. The van der Waals surface area contributed by atoms with Crippen molar-refractivity contribution >= 4 is 27.6 Å². The van der Waals surface area contributed by atoms with Gasteiger partial charge in [-0.2, -0.15) is 0 Å². The number of rotatable bonds is 4. The molecule has 0 atom stereocenters. The molecule has 35 heavy (non-hydrogen) atoms. The van der Waals surface area contributed by atoms with Crippen molar-refractivity contribution in [1.29, 1.82) is 0 Å². The summed E-state index contributed by atoms with van der Waals surface area (Å²) in [5, 5.41) is 20.2. The van der Waals surface area contributed by atoms with E-state index < -0.39 is 24.4 Å². The summed E-state index contributed by atoms with van der Waals surface area (Å²) < 4.78 is 33.7. The Labute approximate surface area is 202 Å². The van der Waals surface area contributed by atoms with Crippen LogP contribution in [0, 0.1) is 0 Å². The second-order valence-corrected chi connectivity index (χ2v) is 9.49. The monoisotopic (exact) mass is 479 g/mol. The van der Waals surface area contributed by atoms with E-state index in [0.29, 0.717) is 34.4 Å². The number of benzene rings is 3. The van der Waals surface area contributed by atoms with E-state index in [4.69, 9.17) is 9.84 Å². The number of halogens is 2. The quantitative estimate of drug-likeness (QED) is 0.357. The number of alkyl halides is 2. The number of hydrogen-bond acceptors (Lipinski definition) is 4. The first kappa shape index (κ1) is 24.5. The van der Waals surface area contributed by atoms with Crippen molar-refractivity contribution in [1.82, 2.24) is 4.98 Å². The highest BCUT2D eigenvalue weighted by molar-refractivity contribution is 6.08. The fourth-order valence-corrected chi connectivity index (χ4v) is 4.36. The van der Waals surface area contributed by atoms with Crippen LogP contribution in [0.3, 0.4) is 0 Å². The Morgan fingerprint density at radius 1 is 1.14 bits per heavy atom. The molecular weight excluding hydrogens is 452 g/mol.